The van der Waals surface area contributed by atoms with E-state index in [2.05, 4.69) is 102 Å². The highest BCUT2D eigenvalue weighted by molar-refractivity contribution is 5.87. The second-order valence-electron chi connectivity index (χ2n) is 11.1. The molecule has 1 N–H and O–H groups in total. The van der Waals surface area contributed by atoms with Crippen LogP contribution in [0.2, 0.25) is 0 Å². The first-order valence-electron chi connectivity index (χ1n) is 13.0. The molecule has 9 rings (SSSR count). The van der Waals surface area contributed by atoms with Gasteiger partial charge in [-0.25, -0.2) is 0 Å². The van der Waals surface area contributed by atoms with Gasteiger partial charge in [0, 0.05) is 22.4 Å². The van der Waals surface area contributed by atoms with Crippen LogP contribution in [0, 0.1) is 23.7 Å². The van der Waals surface area contributed by atoms with Crippen molar-refractivity contribution in [1.29, 1.82) is 0 Å². The summed E-state index contributed by atoms with van der Waals surface area (Å²) >= 11 is 0. The number of para-hydroxylation sites is 1. The van der Waals surface area contributed by atoms with E-state index in [-0.39, 0.29) is 5.41 Å². The Bertz CT molecular complexity index is 1420. The number of hydrogen-bond donors (Lipinski definition) is 1. The van der Waals surface area contributed by atoms with Crippen molar-refractivity contribution in [3.63, 3.8) is 0 Å². The highest BCUT2D eigenvalue weighted by Crippen LogP contribution is 2.72. The van der Waals surface area contributed by atoms with Crippen molar-refractivity contribution in [2.45, 2.75) is 31.1 Å². The lowest BCUT2D eigenvalue weighted by Gasteiger charge is -2.43. The average Bonchev–Trinajstić information content (AvgIpc) is 3.43. The van der Waals surface area contributed by atoms with E-state index in [4.69, 9.17) is 0 Å². The van der Waals surface area contributed by atoms with Gasteiger partial charge in [0.25, 0.3) is 0 Å². The molecule has 166 valence electrons. The minimum atomic E-state index is 0.268. The van der Waals surface area contributed by atoms with Gasteiger partial charge < -0.3 is 5.32 Å². The van der Waals surface area contributed by atoms with E-state index >= 15 is 0 Å². The summed E-state index contributed by atoms with van der Waals surface area (Å²) in [4.78, 5) is 0. The largest absolute Gasteiger partial charge is 0.355 e. The topological polar surface area (TPSA) is 12.0 Å². The van der Waals surface area contributed by atoms with Crippen LogP contribution in [0.1, 0.15) is 36.8 Å². The molecule has 0 aromatic heterocycles. The lowest BCUT2D eigenvalue weighted by atomic mass is 9.59. The van der Waals surface area contributed by atoms with Gasteiger partial charge in [0.1, 0.15) is 0 Å². The molecule has 0 aliphatic heterocycles. The summed E-state index contributed by atoms with van der Waals surface area (Å²) in [6.07, 6.45) is 5.81. The van der Waals surface area contributed by atoms with Crippen molar-refractivity contribution in [3.8, 4) is 22.3 Å². The first-order chi connectivity index (χ1) is 16.8. The number of benzene rings is 4. The first kappa shape index (κ1) is 19.0. The molecular weight excluding hydrogens is 410 g/mol. The summed E-state index contributed by atoms with van der Waals surface area (Å²) in [7, 11) is 0. The standard InChI is InChI=1S/C33H29N/c1-2-8-22(9-3-1)26-10-5-7-13-32(26)34-25-14-15-30-28(20-25)27-11-4-6-12-29(27)33(30)24-17-21-16-23(19-24)31(33)18-21/h1-15,20-21,23-24,31,34H,16-19H2. The smallest absolute Gasteiger partial charge is 0.0463 e. The van der Waals surface area contributed by atoms with Gasteiger partial charge in [0.05, 0.1) is 0 Å². The molecule has 1 spiro atoms. The Hall–Kier alpha value is -3.32. The molecule has 1 nitrogen and oxygen atoms in total. The van der Waals surface area contributed by atoms with Gasteiger partial charge in [-0.2, -0.15) is 0 Å². The molecule has 1 heteroatoms. The van der Waals surface area contributed by atoms with E-state index in [1.165, 1.54) is 53.6 Å². The molecule has 4 saturated carbocycles. The summed E-state index contributed by atoms with van der Waals surface area (Å²) in [6, 6.07) is 35.9. The highest BCUT2D eigenvalue weighted by atomic mass is 14.9. The number of anilines is 2. The van der Waals surface area contributed by atoms with Crippen molar-refractivity contribution in [2.75, 3.05) is 5.32 Å². The van der Waals surface area contributed by atoms with Crippen molar-refractivity contribution in [1.82, 2.24) is 0 Å². The Kier molecular flexibility index (Phi) is 3.84. The van der Waals surface area contributed by atoms with Crippen LogP contribution < -0.4 is 5.32 Å². The third kappa shape index (κ3) is 2.40. The molecule has 4 fully saturated rings. The molecular formula is C33H29N. The summed E-state index contributed by atoms with van der Waals surface area (Å²) in [6.45, 7) is 0. The molecule has 0 saturated heterocycles. The van der Waals surface area contributed by atoms with Gasteiger partial charge in [0.15, 0.2) is 0 Å². The number of fused-ring (bicyclic) bond motifs is 3. The van der Waals surface area contributed by atoms with Gasteiger partial charge in [0.2, 0.25) is 0 Å². The highest BCUT2D eigenvalue weighted by Gasteiger charge is 2.65. The molecule has 4 aromatic carbocycles. The minimum absolute atomic E-state index is 0.268. The summed E-state index contributed by atoms with van der Waals surface area (Å²) in [5.74, 6) is 3.61. The summed E-state index contributed by atoms with van der Waals surface area (Å²) in [5, 5.41) is 3.78. The molecule has 5 aliphatic rings. The molecule has 0 radical (unpaired) electrons. The predicted molar refractivity (Wildman–Crippen MR) is 140 cm³/mol. The van der Waals surface area contributed by atoms with Crippen LogP contribution in [0.3, 0.4) is 0 Å². The number of hydrogen-bond acceptors (Lipinski definition) is 1. The fourth-order valence-electron chi connectivity index (χ4n) is 8.68. The molecule has 5 aliphatic carbocycles. The van der Waals surface area contributed by atoms with E-state index in [0.29, 0.717) is 0 Å². The Morgan fingerprint density at radius 2 is 1.38 bits per heavy atom. The van der Waals surface area contributed by atoms with Crippen LogP contribution in [0.4, 0.5) is 11.4 Å². The fourth-order valence-corrected chi connectivity index (χ4v) is 8.68. The van der Waals surface area contributed by atoms with Crippen LogP contribution in [-0.2, 0) is 5.41 Å². The van der Waals surface area contributed by atoms with Gasteiger partial charge in [-0.15, -0.1) is 0 Å². The molecule has 4 aromatic rings. The maximum absolute atomic E-state index is 3.78. The molecule has 4 bridgehead atoms. The van der Waals surface area contributed by atoms with Gasteiger partial charge in [-0.3, -0.25) is 0 Å². The Morgan fingerprint density at radius 1 is 0.618 bits per heavy atom. The maximum atomic E-state index is 3.78. The Morgan fingerprint density at radius 3 is 2.26 bits per heavy atom. The van der Waals surface area contributed by atoms with Crippen LogP contribution >= 0.6 is 0 Å². The zero-order valence-corrected chi connectivity index (χ0v) is 19.4. The zero-order chi connectivity index (χ0) is 22.3. The minimum Gasteiger partial charge on any atom is -0.355 e. The van der Waals surface area contributed by atoms with E-state index < -0.39 is 0 Å². The Labute approximate surface area is 201 Å². The summed E-state index contributed by atoms with van der Waals surface area (Å²) < 4.78 is 0. The maximum Gasteiger partial charge on any atom is 0.0463 e. The van der Waals surface area contributed by atoms with Crippen molar-refractivity contribution in [2.24, 2.45) is 23.7 Å². The van der Waals surface area contributed by atoms with E-state index in [1.807, 2.05) is 0 Å². The molecule has 5 atom stereocenters. The average molecular weight is 440 g/mol. The number of nitrogens with one attached hydrogen (secondary N) is 1. The fraction of sp³-hybridized carbons (Fsp3) is 0.273. The van der Waals surface area contributed by atoms with Gasteiger partial charge in [-0.1, -0.05) is 78.9 Å². The van der Waals surface area contributed by atoms with Crippen LogP contribution in [0.5, 0.6) is 0 Å². The molecule has 0 heterocycles. The van der Waals surface area contributed by atoms with Crippen molar-refractivity contribution < 1.29 is 0 Å². The van der Waals surface area contributed by atoms with Crippen LogP contribution in [0.15, 0.2) is 97.1 Å². The Balaban J connectivity index is 1.25. The van der Waals surface area contributed by atoms with E-state index in [1.54, 1.807) is 11.1 Å². The normalized spacial score (nSPS) is 29.4. The molecule has 0 amide bonds. The predicted octanol–water partition coefficient (Wildman–Crippen LogP) is 8.43. The van der Waals surface area contributed by atoms with Gasteiger partial charge >= 0.3 is 0 Å². The lowest BCUT2D eigenvalue weighted by molar-refractivity contribution is 0.191. The van der Waals surface area contributed by atoms with Gasteiger partial charge in [-0.05, 0) is 95.4 Å². The van der Waals surface area contributed by atoms with Crippen LogP contribution in [0.25, 0.3) is 22.3 Å². The quantitative estimate of drug-likeness (QED) is 0.338. The lowest BCUT2D eigenvalue weighted by Crippen LogP contribution is -2.40. The molecule has 5 unspecified atom stereocenters. The number of rotatable bonds is 3. The first-order valence-corrected chi connectivity index (χ1v) is 13.0. The van der Waals surface area contributed by atoms with Crippen molar-refractivity contribution >= 4 is 11.4 Å². The second-order valence-corrected chi connectivity index (χ2v) is 11.1. The van der Waals surface area contributed by atoms with Crippen LogP contribution in [-0.4, -0.2) is 0 Å². The molecule has 34 heavy (non-hydrogen) atoms. The third-order valence-corrected chi connectivity index (χ3v) is 9.65. The zero-order valence-electron chi connectivity index (χ0n) is 19.4. The summed E-state index contributed by atoms with van der Waals surface area (Å²) in [5.41, 5.74) is 11.3. The SMILES string of the molecule is c1ccc(-c2ccccc2Nc2ccc3c(c2)-c2ccccc2C32C3CC4CC(C3)C2C4)cc1. The van der Waals surface area contributed by atoms with E-state index in [9.17, 15) is 0 Å². The third-order valence-electron chi connectivity index (χ3n) is 9.65. The van der Waals surface area contributed by atoms with E-state index in [0.717, 1.165) is 29.4 Å². The van der Waals surface area contributed by atoms with Crippen molar-refractivity contribution in [3.05, 3.63) is 108 Å². The second kappa shape index (κ2) is 6.85. The monoisotopic (exact) mass is 439 g/mol.